The van der Waals surface area contributed by atoms with E-state index in [2.05, 4.69) is 79.9 Å². The van der Waals surface area contributed by atoms with Crippen molar-refractivity contribution in [3.8, 4) is 0 Å². The topological polar surface area (TPSA) is 69.6 Å². The third-order valence-electron chi connectivity index (χ3n) is 6.79. The summed E-state index contributed by atoms with van der Waals surface area (Å²) < 4.78 is 0. The van der Waals surface area contributed by atoms with Gasteiger partial charge in [0.1, 0.15) is 0 Å². The summed E-state index contributed by atoms with van der Waals surface area (Å²) in [4.78, 5) is 12.2. The molecule has 0 aliphatic heterocycles. The van der Waals surface area contributed by atoms with E-state index in [1.54, 1.807) is 0 Å². The van der Waals surface area contributed by atoms with Crippen molar-refractivity contribution in [3.63, 3.8) is 0 Å². The third-order valence-corrected chi connectivity index (χ3v) is 6.79. The Morgan fingerprint density at radius 1 is 0.641 bits per heavy atom. The Labute approximate surface area is 241 Å². The fraction of sp³-hybridized carbons (Fsp3) is 0.686. The molecule has 4 heteroatoms. The zero-order chi connectivity index (χ0) is 28.7. The van der Waals surface area contributed by atoms with E-state index < -0.39 is 12.1 Å². The van der Waals surface area contributed by atoms with Crippen molar-refractivity contribution in [1.29, 1.82) is 0 Å². The van der Waals surface area contributed by atoms with Crippen molar-refractivity contribution in [3.05, 3.63) is 60.8 Å². The van der Waals surface area contributed by atoms with E-state index in [0.717, 1.165) is 70.6 Å². The van der Waals surface area contributed by atoms with Crippen LogP contribution < -0.4 is 5.32 Å². The average molecular weight is 544 g/mol. The molecule has 2 unspecified atom stereocenters. The van der Waals surface area contributed by atoms with E-state index in [1.807, 2.05) is 0 Å². The Bertz CT molecular complexity index is 677. The zero-order valence-corrected chi connectivity index (χ0v) is 25.4. The van der Waals surface area contributed by atoms with Crippen LogP contribution in [0.3, 0.4) is 0 Å². The van der Waals surface area contributed by atoms with Gasteiger partial charge >= 0.3 is 0 Å². The normalized spacial score (nSPS) is 14.1. The first-order chi connectivity index (χ1) is 19.2. The van der Waals surface area contributed by atoms with E-state index in [-0.39, 0.29) is 12.5 Å². The number of hydrogen-bond acceptors (Lipinski definition) is 3. The SMILES string of the molecule is CC/C=C\C/C=C\C/C=C\C/C=C\C/C=C\CCCCCCCC(=O)NC(CO)C(O)CCCCCCCC. The van der Waals surface area contributed by atoms with E-state index in [1.165, 1.54) is 38.5 Å². The predicted octanol–water partition coefficient (Wildman–Crippen LogP) is 9.06. The van der Waals surface area contributed by atoms with Gasteiger partial charge in [-0.25, -0.2) is 0 Å². The second-order valence-corrected chi connectivity index (χ2v) is 10.5. The number of carbonyl (C=O) groups excluding carboxylic acids is 1. The van der Waals surface area contributed by atoms with Crippen LogP contribution in [0.4, 0.5) is 0 Å². The smallest absolute Gasteiger partial charge is 0.220 e. The van der Waals surface area contributed by atoms with Crippen molar-refractivity contribution >= 4 is 5.91 Å². The quantitative estimate of drug-likeness (QED) is 0.0715. The van der Waals surface area contributed by atoms with Gasteiger partial charge in [-0.15, -0.1) is 0 Å². The molecule has 0 spiro atoms. The van der Waals surface area contributed by atoms with Gasteiger partial charge in [-0.3, -0.25) is 4.79 Å². The Hall–Kier alpha value is -1.91. The van der Waals surface area contributed by atoms with Crippen LogP contribution in [0.2, 0.25) is 0 Å². The van der Waals surface area contributed by atoms with Gasteiger partial charge in [0.25, 0.3) is 0 Å². The summed E-state index contributed by atoms with van der Waals surface area (Å²) >= 11 is 0. The fourth-order valence-electron chi connectivity index (χ4n) is 4.32. The van der Waals surface area contributed by atoms with Crippen molar-refractivity contribution in [1.82, 2.24) is 5.32 Å². The monoisotopic (exact) mass is 543 g/mol. The standard InChI is InChI=1S/C35H61NO3/c1-3-5-7-9-11-12-13-14-15-16-17-18-19-20-21-22-23-24-25-27-29-31-35(39)36-33(32-37)34(38)30-28-26-10-8-6-4-2/h5,7,11-12,14-15,17-18,20-21,33-34,37-38H,3-4,6,8-10,13,16,19,22-32H2,1-2H3,(H,36,39)/b7-5-,12-11-,15-14-,18-17-,21-20-. The summed E-state index contributed by atoms with van der Waals surface area (Å²) in [5.41, 5.74) is 0. The van der Waals surface area contributed by atoms with E-state index >= 15 is 0 Å². The number of aliphatic hydroxyl groups is 2. The van der Waals surface area contributed by atoms with Crippen LogP contribution in [0.1, 0.15) is 136 Å². The molecular formula is C35H61NO3. The lowest BCUT2D eigenvalue weighted by atomic mass is 10.0. The van der Waals surface area contributed by atoms with Gasteiger partial charge in [-0.05, 0) is 57.8 Å². The molecule has 0 heterocycles. The minimum atomic E-state index is -0.666. The molecular weight excluding hydrogens is 482 g/mol. The molecule has 0 aromatic carbocycles. The van der Waals surface area contributed by atoms with Crippen LogP contribution in [0, 0.1) is 0 Å². The molecule has 0 saturated carbocycles. The second kappa shape index (κ2) is 30.6. The molecule has 0 aromatic rings. The molecule has 2 atom stereocenters. The molecule has 0 aliphatic carbocycles. The predicted molar refractivity (Wildman–Crippen MR) is 170 cm³/mol. The molecule has 0 bridgehead atoms. The number of amides is 1. The molecule has 39 heavy (non-hydrogen) atoms. The molecule has 0 aromatic heterocycles. The number of unbranched alkanes of at least 4 members (excludes halogenated alkanes) is 10. The molecule has 224 valence electrons. The third kappa shape index (κ3) is 27.4. The molecule has 0 rings (SSSR count). The number of allylic oxidation sites excluding steroid dienone is 10. The zero-order valence-electron chi connectivity index (χ0n) is 25.4. The summed E-state index contributed by atoms with van der Waals surface area (Å²) in [6, 6.07) is -0.545. The van der Waals surface area contributed by atoms with Gasteiger partial charge in [0.2, 0.25) is 5.91 Å². The van der Waals surface area contributed by atoms with Gasteiger partial charge in [-0.2, -0.15) is 0 Å². The van der Waals surface area contributed by atoms with E-state index in [9.17, 15) is 15.0 Å². The van der Waals surface area contributed by atoms with Crippen molar-refractivity contribution in [2.24, 2.45) is 0 Å². The second-order valence-electron chi connectivity index (χ2n) is 10.5. The molecule has 0 aliphatic rings. The number of rotatable bonds is 27. The van der Waals surface area contributed by atoms with Crippen LogP contribution >= 0.6 is 0 Å². The van der Waals surface area contributed by atoms with Crippen molar-refractivity contribution in [2.45, 2.75) is 148 Å². The lowest BCUT2D eigenvalue weighted by Gasteiger charge is -2.22. The summed E-state index contributed by atoms with van der Waals surface area (Å²) in [5, 5.41) is 22.7. The Balaban J connectivity index is 3.66. The largest absolute Gasteiger partial charge is 0.394 e. The van der Waals surface area contributed by atoms with Crippen LogP contribution in [0.25, 0.3) is 0 Å². The summed E-state index contributed by atoms with van der Waals surface area (Å²) in [7, 11) is 0. The molecule has 1 amide bonds. The molecule has 4 nitrogen and oxygen atoms in total. The Morgan fingerprint density at radius 3 is 1.69 bits per heavy atom. The summed E-state index contributed by atoms with van der Waals surface area (Å²) in [6.45, 7) is 4.15. The highest BCUT2D eigenvalue weighted by molar-refractivity contribution is 5.76. The number of hydrogen-bond donors (Lipinski definition) is 3. The Kier molecular flexibility index (Phi) is 29.1. The maximum atomic E-state index is 12.2. The first kappa shape index (κ1) is 37.1. The van der Waals surface area contributed by atoms with E-state index in [4.69, 9.17) is 0 Å². The van der Waals surface area contributed by atoms with Crippen LogP contribution in [-0.2, 0) is 4.79 Å². The van der Waals surface area contributed by atoms with Crippen LogP contribution in [0.5, 0.6) is 0 Å². The van der Waals surface area contributed by atoms with Crippen LogP contribution in [-0.4, -0.2) is 34.9 Å². The van der Waals surface area contributed by atoms with Gasteiger partial charge in [-0.1, -0.05) is 132 Å². The number of nitrogens with one attached hydrogen (secondary N) is 1. The maximum absolute atomic E-state index is 12.2. The highest BCUT2D eigenvalue weighted by Crippen LogP contribution is 2.12. The molecule has 0 fully saturated rings. The van der Waals surface area contributed by atoms with Crippen molar-refractivity contribution < 1.29 is 15.0 Å². The molecule has 0 saturated heterocycles. The first-order valence-corrected chi connectivity index (χ1v) is 16.0. The van der Waals surface area contributed by atoms with Gasteiger partial charge in [0, 0.05) is 6.42 Å². The Morgan fingerprint density at radius 2 is 1.13 bits per heavy atom. The molecule has 0 radical (unpaired) electrons. The average Bonchev–Trinajstić information content (AvgIpc) is 2.94. The van der Waals surface area contributed by atoms with Crippen molar-refractivity contribution in [2.75, 3.05) is 6.61 Å². The first-order valence-electron chi connectivity index (χ1n) is 16.0. The fourth-order valence-corrected chi connectivity index (χ4v) is 4.32. The van der Waals surface area contributed by atoms with Gasteiger partial charge < -0.3 is 15.5 Å². The molecule has 3 N–H and O–H groups in total. The highest BCUT2D eigenvalue weighted by atomic mass is 16.3. The maximum Gasteiger partial charge on any atom is 0.220 e. The summed E-state index contributed by atoms with van der Waals surface area (Å²) in [5.74, 6) is -0.0603. The van der Waals surface area contributed by atoms with Crippen LogP contribution in [0.15, 0.2) is 60.8 Å². The minimum Gasteiger partial charge on any atom is -0.394 e. The van der Waals surface area contributed by atoms with Gasteiger partial charge in [0.05, 0.1) is 18.8 Å². The minimum absolute atomic E-state index is 0.0603. The number of aliphatic hydroxyl groups excluding tert-OH is 2. The lowest BCUT2D eigenvalue weighted by Crippen LogP contribution is -2.45. The highest BCUT2D eigenvalue weighted by Gasteiger charge is 2.19. The van der Waals surface area contributed by atoms with E-state index in [0.29, 0.717) is 12.8 Å². The lowest BCUT2D eigenvalue weighted by molar-refractivity contribution is -0.123. The summed E-state index contributed by atoms with van der Waals surface area (Å²) in [6.07, 6.45) is 41.4. The van der Waals surface area contributed by atoms with Gasteiger partial charge in [0.15, 0.2) is 0 Å². The number of carbonyl (C=O) groups is 1.